The topological polar surface area (TPSA) is 99.9 Å². The molecular formula is C19H14F3N5O2S2. The zero-order chi connectivity index (χ0) is 22.4. The van der Waals surface area contributed by atoms with Crippen LogP contribution in [0.1, 0.15) is 12.5 Å². The second-order valence-electron chi connectivity index (χ2n) is 5.98. The number of hydrogen-bond acceptors (Lipinski definition) is 8. The van der Waals surface area contributed by atoms with E-state index in [1.165, 1.54) is 47.4 Å². The number of carbonyl (C=O) groups excluding carboxylic acids is 1. The fourth-order valence-electron chi connectivity index (χ4n) is 2.30. The first-order valence-electron chi connectivity index (χ1n) is 8.66. The summed E-state index contributed by atoms with van der Waals surface area (Å²) in [6.07, 6.45) is -4.75. The van der Waals surface area contributed by atoms with Crippen LogP contribution in [-0.4, -0.2) is 27.7 Å². The van der Waals surface area contributed by atoms with Gasteiger partial charge in [0.2, 0.25) is 11.0 Å². The molecule has 0 radical (unpaired) electrons. The van der Waals surface area contributed by atoms with Crippen molar-refractivity contribution in [2.45, 2.75) is 22.9 Å². The lowest BCUT2D eigenvalue weighted by Crippen LogP contribution is -2.22. The lowest BCUT2D eigenvalue weighted by Gasteiger charge is -2.11. The van der Waals surface area contributed by atoms with Crippen molar-refractivity contribution in [3.8, 4) is 11.8 Å². The molecule has 1 unspecified atom stereocenters. The Bertz CT molecular complexity index is 1100. The van der Waals surface area contributed by atoms with Crippen molar-refractivity contribution in [2.24, 2.45) is 0 Å². The van der Waals surface area contributed by atoms with E-state index in [2.05, 4.69) is 25.6 Å². The van der Waals surface area contributed by atoms with Crippen molar-refractivity contribution < 1.29 is 22.7 Å². The Morgan fingerprint density at radius 2 is 1.90 bits per heavy atom. The fourth-order valence-corrected chi connectivity index (χ4v) is 4.22. The summed E-state index contributed by atoms with van der Waals surface area (Å²) in [5, 5.41) is 22.6. The second kappa shape index (κ2) is 9.67. The van der Waals surface area contributed by atoms with Crippen molar-refractivity contribution in [3.63, 3.8) is 0 Å². The highest BCUT2D eigenvalue weighted by molar-refractivity contribution is 8.02. The molecule has 1 aromatic heterocycles. The first-order chi connectivity index (χ1) is 14.7. The van der Waals surface area contributed by atoms with E-state index in [1.54, 1.807) is 31.2 Å². The minimum atomic E-state index is -4.75. The molecule has 0 saturated heterocycles. The van der Waals surface area contributed by atoms with Crippen LogP contribution in [0, 0.1) is 11.3 Å². The minimum Gasteiger partial charge on any atom is -0.406 e. The van der Waals surface area contributed by atoms with E-state index in [0.717, 1.165) is 0 Å². The summed E-state index contributed by atoms with van der Waals surface area (Å²) in [5.74, 6) is -0.623. The van der Waals surface area contributed by atoms with Gasteiger partial charge in [-0.3, -0.25) is 4.79 Å². The van der Waals surface area contributed by atoms with Gasteiger partial charge in [0.25, 0.3) is 0 Å². The van der Waals surface area contributed by atoms with Gasteiger partial charge in [0, 0.05) is 5.69 Å². The fraction of sp³-hybridized carbons (Fsp3) is 0.158. The number of rotatable bonds is 7. The van der Waals surface area contributed by atoms with E-state index in [4.69, 9.17) is 5.26 Å². The maximum absolute atomic E-state index is 12.4. The molecule has 0 aliphatic heterocycles. The Morgan fingerprint density at radius 1 is 1.19 bits per heavy atom. The van der Waals surface area contributed by atoms with Crippen LogP contribution in [0.4, 0.5) is 29.7 Å². The highest BCUT2D eigenvalue weighted by atomic mass is 32.2. The van der Waals surface area contributed by atoms with Crippen molar-refractivity contribution in [1.29, 1.82) is 5.26 Å². The number of hydrogen-bond donors (Lipinski definition) is 2. The van der Waals surface area contributed by atoms with Gasteiger partial charge in [-0.05, 0) is 43.3 Å². The molecule has 0 saturated carbocycles. The van der Waals surface area contributed by atoms with Crippen LogP contribution in [-0.2, 0) is 4.79 Å². The number of anilines is 3. The van der Waals surface area contributed by atoms with Crippen LogP contribution in [0.5, 0.6) is 5.75 Å². The lowest BCUT2D eigenvalue weighted by atomic mass is 10.2. The van der Waals surface area contributed by atoms with Gasteiger partial charge >= 0.3 is 6.36 Å². The van der Waals surface area contributed by atoms with Gasteiger partial charge in [-0.1, -0.05) is 35.2 Å². The van der Waals surface area contributed by atoms with E-state index in [1.807, 2.05) is 6.07 Å². The van der Waals surface area contributed by atoms with Crippen LogP contribution in [0.3, 0.4) is 0 Å². The largest absolute Gasteiger partial charge is 0.573 e. The monoisotopic (exact) mass is 465 g/mol. The van der Waals surface area contributed by atoms with Crippen LogP contribution < -0.4 is 15.4 Å². The first-order valence-corrected chi connectivity index (χ1v) is 10.4. The van der Waals surface area contributed by atoms with Crippen LogP contribution in [0.2, 0.25) is 0 Å². The third kappa shape index (κ3) is 6.59. The molecule has 0 bridgehead atoms. The number of thioether (sulfide) groups is 1. The van der Waals surface area contributed by atoms with Gasteiger partial charge in [0.15, 0.2) is 4.34 Å². The Hall–Kier alpha value is -3.30. The molecule has 2 aromatic carbocycles. The van der Waals surface area contributed by atoms with Crippen LogP contribution >= 0.6 is 23.1 Å². The molecule has 7 nitrogen and oxygen atoms in total. The van der Waals surface area contributed by atoms with Crippen LogP contribution in [0.25, 0.3) is 0 Å². The summed E-state index contributed by atoms with van der Waals surface area (Å²) in [6.45, 7) is 1.70. The van der Waals surface area contributed by atoms with Gasteiger partial charge < -0.3 is 15.4 Å². The minimum absolute atomic E-state index is 0.294. The number of para-hydroxylation sites is 1. The second-order valence-corrected chi connectivity index (χ2v) is 8.54. The highest BCUT2D eigenvalue weighted by Crippen LogP contribution is 2.32. The standard InChI is InChI=1S/C19H14F3N5O2S2/c1-11(16(28)25-15-5-3-2-4-12(15)10-23)30-18-27-26-17(31-18)24-13-6-8-14(9-7-13)29-19(20,21)22/h2-9,11H,1H3,(H,24,26)(H,25,28). The molecule has 0 spiro atoms. The summed E-state index contributed by atoms with van der Waals surface area (Å²) in [6, 6.07) is 13.9. The van der Waals surface area contributed by atoms with Gasteiger partial charge in [0.1, 0.15) is 11.8 Å². The third-order valence-electron chi connectivity index (χ3n) is 3.70. The summed E-state index contributed by atoms with van der Waals surface area (Å²) >= 11 is 2.38. The maximum Gasteiger partial charge on any atom is 0.573 e. The molecule has 0 fully saturated rings. The predicted octanol–water partition coefficient (Wildman–Crippen LogP) is 5.17. The number of ether oxygens (including phenoxy) is 1. The molecule has 1 amide bonds. The molecule has 160 valence electrons. The summed E-state index contributed by atoms with van der Waals surface area (Å²) < 4.78 is 41.0. The lowest BCUT2D eigenvalue weighted by molar-refractivity contribution is -0.274. The number of amides is 1. The molecule has 0 aliphatic carbocycles. The van der Waals surface area contributed by atoms with E-state index in [0.29, 0.717) is 26.4 Å². The number of nitrogens with zero attached hydrogens (tertiary/aromatic N) is 3. The molecule has 3 rings (SSSR count). The Kier molecular flexibility index (Phi) is 6.98. The Balaban J connectivity index is 1.57. The van der Waals surface area contributed by atoms with E-state index in [9.17, 15) is 18.0 Å². The van der Waals surface area contributed by atoms with Crippen molar-refractivity contribution in [2.75, 3.05) is 10.6 Å². The number of nitrogens with one attached hydrogen (secondary N) is 2. The molecule has 0 aliphatic rings. The summed E-state index contributed by atoms with van der Waals surface area (Å²) in [4.78, 5) is 12.4. The molecular weight excluding hydrogens is 451 g/mol. The third-order valence-corrected chi connectivity index (χ3v) is 5.72. The smallest absolute Gasteiger partial charge is 0.406 e. The maximum atomic E-state index is 12.4. The quantitative estimate of drug-likeness (QED) is 0.464. The highest BCUT2D eigenvalue weighted by Gasteiger charge is 2.31. The van der Waals surface area contributed by atoms with Crippen molar-refractivity contribution >= 4 is 45.5 Å². The zero-order valence-corrected chi connectivity index (χ0v) is 17.4. The molecule has 1 heterocycles. The number of halogens is 3. The number of aromatic nitrogens is 2. The van der Waals surface area contributed by atoms with E-state index in [-0.39, 0.29) is 11.7 Å². The molecule has 2 N–H and O–H groups in total. The first kappa shape index (κ1) is 22.4. The van der Waals surface area contributed by atoms with Gasteiger partial charge in [-0.15, -0.1) is 23.4 Å². The van der Waals surface area contributed by atoms with Crippen LogP contribution in [0.15, 0.2) is 52.9 Å². The number of carbonyl (C=O) groups is 1. The van der Waals surface area contributed by atoms with Gasteiger partial charge in [-0.2, -0.15) is 5.26 Å². The van der Waals surface area contributed by atoms with Crippen molar-refractivity contribution in [1.82, 2.24) is 10.2 Å². The number of alkyl halides is 3. The number of benzene rings is 2. The molecule has 12 heteroatoms. The molecule has 3 aromatic rings. The zero-order valence-electron chi connectivity index (χ0n) is 15.8. The molecule has 31 heavy (non-hydrogen) atoms. The Labute approximate surface area is 183 Å². The van der Waals surface area contributed by atoms with Crippen molar-refractivity contribution in [3.05, 3.63) is 54.1 Å². The number of nitriles is 1. The van der Waals surface area contributed by atoms with Gasteiger partial charge in [-0.25, -0.2) is 0 Å². The van der Waals surface area contributed by atoms with E-state index >= 15 is 0 Å². The summed E-state index contributed by atoms with van der Waals surface area (Å²) in [5.41, 5.74) is 1.29. The SMILES string of the molecule is CC(Sc1nnc(Nc2ccc(OC(F)(F)F)cc2)s1)C(=O)Nc1ccccc1C#N. The van der Waals surface area contributed by atoms with Gasteiger partial charge in [0.05, 0.1) is 16.5 Å². The van der Waals surface area contributed by atoms with E-state index < -0.39 is 11.6 Å². The normalized spacial score (nSPS) is 12.0. The Morgan fingerprint density at radius 3 is 2.58 bits per heavy atom. The summed E-state index contributed by atoms with van der Waals surface area (Å²) in [7, 11) is 0. The molecule has 1 atom stereocenters. The predicted molar refractivity (Wildman–Crippen MR) is 111 cm³/mol. The average molecular weight is 465 g/mol. The average Bonchev–Trinajstić information content (AvgIpc) is 3.15.